The average molecular weight is 639 g/mol. The zero-order valence-corrected chi connectivity index (χ0v) is 28.4. The second kappa shape index (κ2) is 13.8. The molecule has 0 fully saturated rings. The number of aryl methyl sites for hydroxylation is 4. The van der Waals surface area contributed by atoms with E-state index in [4.69, 9.17) is 24.2 Å². The van der Waals surface area contributed by atoms with Crippen LogP contribution < -0.4 is 0 Å². The van der Waals surface area contributed by atoms with E-state index in [9.17, 15) is 14.4 Å². The highest BCUT2D eigenvalue weighted by molar-refractivity contribution is 5.95. The third-order valence-corrected chi connectivity index (χ3v) is 9.41. The van der Waals surface area contributed by atoms with Crippen molar-refractivity contribution in [2.75, 3.05) is 21.3 Å². The van der Waals surface area contributed by atoms with Crippen molar-refractivity contribution in [3.63, 3.8) is 0 Å². The minimum Gasteiger partial charge on any atom is -0.469 e. The normalized spacial score (nSPS) is 12.9. The van der Waals surface area contributed by atoms with Crippen LogP contribution in [0.25, 0.3) is 44.4 Å². The summed E-state index contributed by atoms with van der Waals surface area (Å²) in [5, 5.41) is 0. The molecule has 5 heterocycles. The quantitative estimate of drug-likeness (QED) is 0.189. The van der Waals surface area contributed by atoms with Crippen molar-refractivity contribution >= 4 is 62.3 Å². The molecule has 246 valence electrons. The molecule has 0 atom stereocenters. The third-order valence-electron chi connectivity index (χ3n) is 9.41. The molecule has 3 aromatic rings. The van der Waals surface area contributed by atoms with Crippen molar-refractivity contribution < 1.29 is 28.6 Å². The summed E-state index contributed by atoms with van der Waals surface area (Å²) in [5.41, 5.74) is 14.7. The Hall–Kier alpha value is -4.99. The Morgan fingerprint density at radius 1 is 0.532 bits per heavy atom. The number of esters is 3. The minimum atomic E-state index is -0.289. The fraction of sp³-hybridized carbons (Fsp3) is 0.378. The Kier molecular flexibility index (Phi) is 9.79. The third kappa shape index (κ3) is 6.77. The van der Waals surface area contributed by atoms with E-state index in [1.54, 1.807) is 0 Å². The lowest BCUT2D eigenvalue weighted by molar-refractivity contribution is -0.141. The van der Waals surface area contributed by atoms with Crippen LogP contribution in [0.3, 0.4) is 0 Å². The zero-order valence-electron chi connectivity index (χ0n) is 28.4. The summed E-state index contributed by atoms with van der Waals surface area (Å²) in [6, 6.07) is 8.12. The summed E-state index contributed by atoms with van der Waals surface area (Å²) in [6.07, 6.45) is 2.14. The molecule has 10 heteroatoms. The first-order chi connectivity index (χ1) is 22.4. The highest BCUT2D eigenvalue weighted by atomic mass is 16.5. The number of hydrogen-bond acceptors (Lipinski definition) is 8. The molecule has 0 spiro atoms. The van der Waals surface area contributed by atoms with Crippen LogP contribution in [-0.2, 0) is 41.4 Å². The second-order valence-electron chi connectivity index (χ2n) is 12.0. The van der Waals surface area contributed by atoms with Crippen LogP contribution in [-0.4, -0.2) is 59.2 Å². The number of carbonyl (C=O) groups is 3. The van der Waals surface area contributed by atoms with E-state index in [1.165, 1.54) is 21.3 Å². The lowest BCUT2D eigenvalue weighted by Gasteiger charge is -2.04. The van der Waals surface area contributed by atoms with Crippen LogP contribution in [0.15, 0.2) is 24.3 Å². The van der Waals surface area contributed by atoms with Gasteiger partial charge in [0.2, 0.25) is 0 Å². The molecule has 8 bridgehead atoms. The number of H-pyrrole nitrogens is 2. The van der Waals surface area contributed by atoms with E-state index in [0.717, 1.165) is 89.4 Å². The Morgan fingerprint density at radius 3 is 1.40 bits per heavy atom. The van der Waals surface area contributed by atoms with Gasteiger partial charge in [0.1, 0.15) is 0 Å². The monoisotopic (exact) mass is 638 g/mol. The number of methoxy groups -OCH3 is 3. The molecule has 0 saturated carbocycles. The molecule has 0 aliphatic carbocycles. The van der Waals surface area contributed by atoms with E-state index in [1.807, 2.05) is 45.0 Å². The Labute approximate surface area is 274 Å². The number of aromatic nitrogens is 4. The fourth-order valence-electron chi connectivity index (χ4n) is 6.24. The first kappa shape index (κ1) is 33.4. The van der Waals surface area contributed by atoms with Crippen molar-refractivity contribution in [1.82, 2.24) is 19.9 Å². The topological polar surface area (TPSA) is 136 Å². The molecule has 2 N–H and O–H groups in total. The van der Waals surface area contributed by atoms with Gasteiger partial charge in [-0.05, 0) is 123 Å². The van der Waals surface area contributed by atoms with Crippen LogP contribution in [0.5, 0.6) is 0 Å². The van der Waals surface area contributed by atoms with Gasteiger partial charge in [-0.3, -0.25) is 14.4 Å². The molecule has 2 aliphatic heterocycles. The number of nitrogens with one attached hydrogen (secondary N) is 2. The van der Waals surface area contributed by atoms with Crippen LogP contribution in [0, 0.1) is 13.8 Å². The first-order valence-electron chi connectivity index (χ1n) is 15.8. The zero-order chi connectivity index (χ0) is 34.0. The van der Waals surface area contributed by atoms with E-state index < -0.39 is 0 Å². The van der Waals surface area contributed by atoms with Crippen LogP contribution in [0.1, 0.15) is 91.5 Å². The maximum atomic E-state index is 12.2. The van der Waals surface area contributed by atoms with Gasteiger partial charge < -0.3 is 24.2 Å². The van der Waals surface area contributed by atoms with Crippen molar-refractivity contribution in [2.24, 2.45) is 0 Å². The van der Waals surface area contributed by atoms with Gasteiger partial charge in [0.15, 0.2) is 0 Å². The maximum Gasteiger partial charge on any atom is 0.305 e. The molecule has 0 unspecified atom stereocenters. The number of carbonyl (C=O) groups excluding carboxylic acids is 3. The van der Waals surface area contributed by atoms with E-state index in [0.29, 0.717) is 19.3 Å². The smallest absolute Gasteiger partial charge is 0.305 e. The molecular formula is C37H42N4O6. The summed E-state index contributed by atoms with van der Waals surface area (Å²) in [4.78, 5) is 53.8. The number of hydrogen-bond donors (Lipinski definition) is 2. The molecule has 10 nitrogen and oxygen atoms in total. The van der Waals surface area contributed by atoms with Crippen LogP contribution >= 0.6 is 0 Å². The second-order valence-corrected chi connectivity index (χ2v) is 12.0. The highest BCUT2D eigenvalue weighted by Gasteiger charge is 2.22. The average Bonchev–Trinajstić information content (AvgIpc) is 3.71. The first-order valence-corrected chi connectivity index (χ1v) is 15.8. The summed E-state index contributed by atoms with van der Waals surface area (Å²) in [6.45, 7) is 10.2. The van der Waals surface area contributed by atoms with E-state index in [2.05, 4.69) is 23.8 Å². The molecule has 47 heavy (non-hydrogen) atoms. The van der Waals surface area contributed by atoms with Gasteiger partial charge in [-0.15, -0.1) is 0 Å². The van der Waals surface area contributed by atoms with Gasteiger partial charge in [0, 0.05) is 41.3 Å². The Bertz CT molecular complexity index is 2010. The molecule has 0 radical (unpaired) electrons. The maximum absolute atomic E-state index is 12.2. The Morgan fingerprint density at radius 2 is 0.936 bits per heavy atom. The van der Waals surface area contributed by atoms with Crippen molar-refractivity contribution in [2.45, 2.75) is 73.1 Å². The molecule has 3 aromatic heterocycles. The summed E-state index contributed by atoms with van der Waals surface area (Å²) in [5.74, 6) is -0.848. The highest BCUT2D eigenvalue weighted by Crippen LogP contribution is 2.37. The lowest BCUT2D eigenvalue weighted by Crippen LogP contribution is -2.02. The van der Waals surface area contributed by atoms with Gasteiger partial charge in [-0.2, -0.15) is 0 Å². The fourth-order valence-corrected chi connectivity index (χ4v) is 6.24. The lowest BCUT2D eigenvalue weighted by atomic mass is 10.00. The summed E-state index contributed by atoms with van der Waals surface area (Å²) < 4.78 is 14.8. The molecule has 5 rings (SSSR count). The van der Waals surface area contributed by atoms with Gasteiger partial charge in [0.25, 0.3) is 0 Å². The number of ether oxygens (including phenoxy) is 3. The molecule has 0 saturated heterocycles. The van der Waals surface area contributed by atoms with Gasteiger partial charge in [0.05, 0.1) is 44.1 Å². The Balaban J connectivity index is 1.86. The van der Waals surface area contributed by atoms with Gasteiger partial charge in [-0.25, -0.2) is 9.97 Å². The van der Waals surface area contributed by atoms with Crippen molar-refractivity contribution in [3.05, 3.63) is 69.3 Å². The number of allylic oxidation sites excluding steroid dienone is 4. The van der Waals surface area contributed by atoms with Gasteiger partial charge >= 0.3 is 17.9 Å². The number of nitrogens with zero attached hydrogens (tertiary/aromatic N) is 2. The summed E-state index contributed by atoms with van der Waals surface area (Å²) >= 11 is 0. The minimum absolute atomic E-state index is 0.224. The van der Waals surface area contributed by atoms with Crippen LogP contribution in [0.2, 0.25) is 0 Å². The predicted octanol–water partition coefficient (Wildman–Crippen LogP) is 6.98. The predicted molar refractivity (Wildman–Crippen MR) is 183 cm³/mol. The molecule has 2 aliphatic rings. The van der Waals surface area contributed by atoms with Crippen molar-refractivity contribution in [3.8, 4) is 0 Å². The van der Waals surface area contributed by atoms with Crippen molar-refractivity contribution in [1.29, 1.82) is 0 Å². The number of fused-ring (bicyclic) bond motifs is 8. The SMILES string of the molecule is COC(=O)CCC1=C(C)c2cc3[nH]c(cc4[nH]c(cc5nc(cc1n2)C(C)=C5C)c(C)c4CCC(=O)OC)c(CCC(=O)OC)c3C. The molecule has 0 amide bonds. The van der Waals surface area contributed by atoms with E-state index in [-0.39, 0.29) is 37.2 Å². The largest absolute Gasteiger partial charge is 0.469 e. The van der Waals surface area contributed by atoms with Crippen LogP contribution in [0.4, 0.5) is 0 Å². The van der Waals surface area contributed by atoms with Gasteiger partial charge in [-0.1, -0.05) is 0 Å². The van der Waals surface area contributed by atoms with E-state index >= 15 is 0 Å². The molecule has 0 aromatic carbocycles. The molecular weight excluding hydrogens is 596 g/mol. The summed E-state index contributed by atoms with van der Waals surface area (Å²) in [7, 11) is 4.18. The number of aromatic amines is 2. The number of rotatable bonds is 9. The standard InChI is InChI=1S/C37H42N4O6/c1-19-20(2)28-17-32-24(9-12-35(42)45-6)21(3)30(39-32)16-31-23(5)26(11-14-37(44)47-8)34(41-31)18-33-25(10-13-36(43)46-7)22(4)29(40-33)15-27(19)38-28/h15-18,40-41H,9-14H2,1-8H3.